The molecule has 38 heavy (non-hydrogen) atoms. The summed E-state index contributed by atoms with van der Waals surface area (Å²) < 4.78 is 12.6. The van der Waals surface area contributed by atoms with Crippen molar-refractivity contribution in [3.8, 4) is 12.1 Å². The van der Waals surface area contributed by atoms with Crippen molar-refractivity contribution < 1.29 is 9.47 Å². The van der Waals surface area contributed by atoms with Gasteiger partial charge >= 0.3 is 6.01 Å². The van der Waals surface area contributed by atoms with E-state index in [4.69, 9.17) is 19.4 Å². The predicted octanol–water partition coefficient (Wildman–Crippen LogP) is 4.29. The van der Waals surface area contributed by atoms with Crippen molar-refractivity contribution in [1.82, 2.24) is 20.2 Å². The lowest BCUT2D eigenvalue weighted by atomic mass is 9.92. The summed E-state index contributed by atoms with van der Waals surface area (Å²) in [5.74, 6) is 0.859. The van der Waals surface area contributed by atoms with Gasteiger partial charge in [0.15, 0.2) is 0 Å². The fraction of sp³-hybridized carbons (Fsp3) is 0.433. The van der Waals surface area contributed by atoms with E-state index >= 15 is 0 Å². The van der Waals surface area contributed by atoms with Gasteiger partial charge in [0, 0.05) is 44.2 Å². The van der Waals surface area contributed by atoms with Crippen LogP contribution < -0.4 is 15.0 Å². The molecule has 8 nitrogen and oxygen atoms in total. The minimum Gasteiger partial charge on any atom is -0.462 e. The first kappa shape index (κ1) is 26.0. The SMILES string of the molecule is C=CN(CC)CCOc1nc2c(c(N3CCN[C@@H](CC#N)C3)n1)COC(c1cccc3cccc(C)c13)C2. The molecular weight excluding hydrogens is 476 g/mol. The number of benzene rings is 2. The topological polar surface area (TPSA) is 86.5 Å². The Hall–Kier alpha value is -3.67. The van der Waals surface area contributed by atoms with Gasteiger partial charge in [-0.05, 0) is 41.9 Å². The van der Waals surface area contributed by atoms with Crippen LogP contribution >= 0.6 is 0 Å². The third-order valence-electron chi connectivity index (χ3n) is 7.52. The second-order valence-corrected chi connectivity index (χ2v) is 9.90. The van der Waals surface area contributed by atoms with Crippen molar-refractivity contribution >= 4 is 16.6 Å². The van der Waals surface area contributed by atoms with Crippen molar-refractivity contribution in [3.05, 3.63) is 71.6 Å². The summed E-state index contributed by atoms with van der Waals surface area (Å²) in [5.41, 5.74) is 4.42. The fourth-order valence-electron chi connectivity index (χ4n) is 5.48. The molecular formula is C30H36N6O2. The molecule has 3 heterocycles. The molecule has 5 rings (SSSR count). The number of nitrogens with zero attached hydrogens (tertiary/aromatic N) is 5. The first-order valence-electron chi connectivity index (χ1n) is 13.5. The van der Waals surface area contributed by atoms with Crippen LogP contribution in [0.1, 0.15) is 41.8 Å². The van der Waals surface area contributed by atoms with Crippen LogP contribution in [0.4, 0.5) is 5.82 Å². The fourth-order valence-corrected chi connectivity index (χ4v) is 5.48. The smallest absolute Gasteiger partial charge is 0.318 e. The molecule has 8 heteroatoms. The van der Waals surface area contributed by atoms with Gasteiger partial charge in [0.25, 0.3) is 0 Å². The number of nitrogens with one attached hydrogen (secondary N) is 1. The number of ether oxygens (including phenoxy) is 2. The van der Waals surface area contributed by atoms with Crippen LogP contribution in [0, 0.1) is 18.3 Å². The summed E-state index contributed by atoms with van der Waals surface area (Å²) in [6.45, 7) is 12.9. The summed E-state index contributed by atoms with van der Waals surface area (Å²) in [5, 5.41) is 15.1. The number of nitriles is 1. The van der Waals surface area contributed by atoms with Gasteiger partial charge < -0.3 is 24.6 Å². The summed E-state index contributed by atoms with van der Waals surface area (Å²) >= 11 is 0. The van der Waals surface area contributed by atoms with Gasteiger partial charge in [0.1, 0.15) is 12.4 Å². The zero-order valence-electron chi connectivity index (χ0n) is 22.3. The van der Waals surface area contributed by atoms with Gasteiger partial charge in [-0.15, -0.1) is 0 Å². The second-order valence-electron chi connectivity index (χ2n) is 9.90. The number of piperazine rings is 1. The third kappa shape index (κ3) is 5.45. The summed E-state index contributed by atoms with van der Waals surface area (Å²) in [7, 11) is 0. The molecule has 0 spiro atoms. The molecule has 0 bridgehead atoms. The monoisotopic (exact) mass is 512 g/mol. The molecule has 0 amide bonds. The zero-order valence-corrected chi connectivity index (χ0v) is 22.3. The van der Waals surface area contributed by atoms with Crippen LogP contribution in [0.15, 0.2) is 49.2 Å². The van der Waals surface area contributed by atoms with Crippen molar-refractivity contribution in [2.45, 2.75) is 45.4 Å². The molecule has 1 N–H and O–H groups in total. The highest BCUT2D eigenvalue weighted by Gasteiger charge is 2.31. The molecule has 2 aliphatic heterocycles. The van der Waals surface area contributed by atoms with E-state index in [-0.39, 0.29) is 12.1 Å². The van der Waals surface area contributed by atoms with Crippen LogP contribution in [-0.4, -0.2) is 60.2 Å². The molecule has 0 radical (unpaired) electrons. The molecule has 0 saturated carbocycles. The minimum atomic E-state index is -0.103. The van der Waals surface area contributed by atoms with Gasteiger partial charge in [-0.25, -0.2) is 0 Å². The molecule has 3 aromatic rings. The van der Waals surface area contributed by atoms with Crippen LogP contribution in [0.5, 0.6) is 6.01 Å². The Morgan fingerprint density at radius 1 is 1.29 bits per heavy atom. The van der Waals surface area contributed by atoms with Gasteiger partial charge in [0.2, 0.25) is 0 Å². The Kier molecular flexibility index (Phi) is 8.06. The zero-order chi connectivity index (χ0) is 26.5. The molecule has 198 valence electrons. The number of fused-ring (bicyclic) bond motifs is 2. The van der Waals surface area contributed by atoms with E-state index in [0.717, 1.165) is 36.7 Å². The first-order chi connectivity index (χ1) is 18.6. The number of rotatable bonds is 9. The molecule has 2 aromatic carbocycles. The van der Waals surface area contributed by atoms with Crippen molar-refractivity contribution in [2.75, 3.05) is 44.2 Å². The van der Waals surface area contributed by atoms with E-state index in [1.54, 1.807) is 0 Å². The average molecular weight is 513 g/mol. The third-order valence-corrected chi connectivity index (χ3v) is 7.52. The van der Waals surface area contributed by atoms with E-state index in [1.165, 1.54) is 21.9 Å². The van der Waals surface area contributed by atoms with Crippen molar-refractivity contribution in [1.29, 1.82) is 5.26 Å². The predicted molar refractivity (Wildman–Crippen MR) is 149 cm³/mol. The van der Waals surface area contributed by atoms with E-state index in [9.17, 15) is 5.26 Å². The molecule has 1 saturated heterocycles. The van der Waals surface area contributed by atoms with E-state index in [0.29, 0.717) is 45.2 Å². The van der Waals surface area contributed by atoms with Gasteiger partial charge in [-0.1, -0.05) is 43.0 Å². The maximum Gasteiger partial charge on any atom is 0.318 e. The Morgan fingerprint density at radius 3 is 2.92 bits per heavy atom. The van der Waals surface area contributed by atoms with Crippen LogP contribution in [-0.2, 0) is 17.8 Å². The van der Waals surface area contributed by atoms with E-state index < -0.39 is 0 Å². The normalized spacial score (nSPS) is 19.0. The number of hydrogen-bond acceptors (Lipinski definition) is 8. The lowest BCUT2D eigenvalue weighted by molar-refractivity contribution is 0.0265. The largest absolute Gasteiger partial charge is 0.462 e. The molecule has 0 aliphatic carbocycles. The number of aryl methyl sites for hydroxylation is 1. The standard InChI is InChI=1S/C30H36N6O2/c1-4-35(5-2)16-17-37-30-33-26-18-27(24-11-7-10-22-9-6-8-21(3)28(22)24)38-20-25(26)29(34-30)36-15-14-32-23(19-36)12-13-31/h4,6-11,23,27,32H,1,5,12,14-20H2,2-3H3/t23-,27?/m0/s1. The Labute approximate surface area is 224 Å². The van der Waals surface area contributed by atoms with Crippen molar-refractivity contribution in [2.24, 2.45) is 0 Å². The molecule has 1 aromatic heterocycles. The van der Waals surface area contributed by atoms with Crippen LogP contribution in [0.25, 0.3) is 10.8 Å². The van der Waals surface area contributed by atoms with E-state index in [1.807, 2.05) is 6.20 Å². The van der Waals surface area contributed by atoms with Crippen molar-refractivity contribution in [3.63, 3.8) is 0 Å². The number of hydrogen-bond donors (Lipinski definition) is 1. The molecule has 2 aliphatic rings. The van der Waals surface area contributed by atoms with Crippen LogP contribution in [0.3, 0.4) is 0 Å². The lowest BCUT2D eigenvalue weighted by Crippen LogP contribution is -2.51. The highest BCUT2D eigenvalue weighted by Crippen LogP contribution is 2.38. The van der Waals surface area contributed by atoms with Gasteiger partial charge in [-0.3, -0.25) is 0 Å². The maximum absolute atomic E-state index is 9.24. The number of anilines is 1. The maximum atomic E-state index is 9.24. The molecule has 2 atom stereocenters. The Morgan fingerprint density at radius 2 is 2.13 bits per heavy atom. The Bertz CT molecular complexity index is 1330. The van der Waals surface area contributed by atoms with Crippen LogP contribution in [0.2, 0.25) is 0 Å². The average Bonchev–Trinajstić information content (AvgIpc) is 2.95. The minimum absolute atomic E-state index is 0.102. The quantitative estimate of drug-likeness (QED) is 0.455. The molecule has 1 fully saturated rings. The Balaban J connectivity index is 1.47. The summed E-state index contributed by atoms with van der Waals surface area (Å²) in [4.78, 5) is 14.1. The summed E-state index contributed by atoms with van der Waals surface area (Å²) in [6, 6.07) is 15.6. The number of likely N-dealkylation sites (N-methyl/N-ethyl adjacent to an activating group) is 1. The second kappa shape index (κ2) is 11.8. The van der Waals surface area contributed by atoms with Gasteiger partial charge in [0.05, 0.1) is 37.4 Å². The van der Waals surface area contributed by atoms with E-state index in [2.05, 4.69) is 78.0 Å². The molecule has 1 unspecified atom stereocenters. The highest BCUT2D eigenvalue weighted by molar-refractivity contribution is 5.89. The summed E-state index contributed by atoms with van der Waals surface area (Å²) in [6.07, 6.45) is 2.83. The highest BCUT2D eigenvalue weighted by atomic mass is 16.5. The number of aromatic nitrogens is 2. The first-order valence-corrected chi connectivity index (χ1v) is 13.5. The lowest BCUT2D eigenvalue weighted by Gasteiger charge is -2.36. The van der Waals surface area contributed by atoms with Gasteiger partial charge in [-0.2, -0.15) is 15.2 Å².